The molecular weight excluding hydrogens is 188 g/mol. The van der Waals surface area contributed by atoms with Crippen LogP contribution in [0.1, 0.15) is 39.5 Å². The first-order valence-electron chi connectivity index (χ1n) is 4.70. The Bertz CT molecular complexity index is 71.5. The molecule has 0 bridgehead atoms. The third-order valence-corrected chi connectivity index (χ3v) is 3.11. The van der Waals surface area contributed by atoms with Gasteiger partial charge in [0.05, 0.1) is 0 Å². The van der Waals surface area contributed by atoms with Gasteiger partial charge in [-0.3, -0.25) is 9.44 Å². The molecule has 0 aliphatic rings. The van der Waals surface area contributed by atoms with Crippen molar-refractivity contribution in [2.75, 3.05) is 13.1 Å². The highest BCUT2D eigenvalue weighted by Crippen LogP contribution is 2.11. The molecule has 0 saturated carbocycles. The number of nitrogens with one attached hydrogen (secondary N) is 2. The van der Waals surface area contributed by atoms with E-state index in [1.54, 1.807) is 22.0 Å². The van der Waals surface area contributed by atoms with Gasteiger partial charge in [-0.2, -0.15) is 0 Å². The smallest absolute Gasteiger partial charge is 0.00667 e. The minimum Gasteiger partial charge on any atom is -0.254 e. The first-order chi connectivity index (χ1) is 5.91. The van der Waals surface area contributed by atoms with E-state index in [0.29, 0.717) is 0 Å². The van der Waals surface area contributed by atoms with E-state index in [1.165, 1.54) is 25.7 Å². The van der Waals surface area contributed by atoms with E-state index < -0.39 is 0 Å². The average molecular weight is 208 g/mol. The fourth-order valence-corrected chi connectivity index (χ4v) is 2.07. The van der Waals surface area contributed by atoms with Gasteiger partial charge < -0.3 is 0 Å². The van der Waals surface area contributed by atoms with Gasteiger partial charge in [-0.1, -0.05) is 26.7 Å². The summed E-state index contributed by atoms with van der Waals surface area (Å²) in [5.41, 5.74) is 0. The van der Waals surface area contributed by atoms with Crippen LogP contribution in [0.5, 0.6) is 0 Å². The molecule has 2 nitrogen and oxygen atoms in total. The Morgan fingerprint density at radius 2 is 1.25 bits per heavy atom. The highest BCUT2D eigenvalue weighted by Gasteiger charge is 1.88. The molecule has 0 atom stereocenters. The van der Waals surface area contributed by atoms with Gasteiger partial charge in [0.1, 0.15) is 0 Å². The summed E-state index contributed by atoms with van der Waals surface area (Å²) in [6.07, 6.45) is 5.06. The van der Waals surface area contributed by atoms with E-state index >= 15 is 0 Å². The maximum atomic E-state index is 3.28. The molecular formula is C8H20N2S2. The van der Waals surface area contributed by atoms with E-state index in [9.17, 15) is 0 Å². The lowest BCUT2D eigenvalue weighted by molar-refractivity contribution is 0.775. The van der Waals surface area contributed by atoms with Crippen molar-refractivity contribution in [1.82, 2.24) is 9.44 Å². The van der Waals surface area contributed by atoms with E-state index in [0.717, 1.165) is 13.1 Å². The predicted octanol–water partition coefficient (Wildman–Crippen LogP) is 2.98. The maximum Gasteiger partial charge on any atom is 0.00667 e. The van der Waals surface area contributed by atoms with Crippen LogP contribution in [0, 0.1) is 0 Å². The van der Waals surface area contributed by atoms with E-state index in [4.69, 9.17) is 0 Å². The van der Waals surface area contributed by atoms with Gasteiger partial charge in [-0.15, -0.1) is 0 Å². The monoisotopic (exact) mass is 208 g/mol. The zero-order valence-corrected chi connectivity index (χ0v) is 9.69. The summed E-state index contributed by atoms with van der Waals surface area (Å²) in [4.78, 5) is 0. The van der Waals surface area contributed by atoms with Crippen molar-refractivity contribution in [2.24, 2.45) is 0 Å². The molecule has 0 radical (unpaired) electrons. The fraction of sp³-hybridized carbons (Fsp3) is 1.00. The summed E-state index contributed by atoms with van der Waals surface area (Å²) in [6.45, 7) is 6.64. The van der Waals surface area contributed by atoms with Gasteiger partial charge >= 0.3 is 0 Å². The van der Waals surface area contributed by atoms with Crippen molar-refractivity contribution in [1.29, 1.82) is 0 Å². The van der Waals surface area contributed by atoms with Crippen LogP contribution in [0.2, 0.25) is 0 Å². The molecule has 0 aromatic carbocycles. The van der Waals surface area contributed by atoms with Crippen molar-refractivity contribution in [3.05, 3.63) is 0 Å². The van der Waals surface area contributed by atoms with Crippen molar-refractivity contribution < 1.29 is 0 Å². The second-order valence-electron chi connectivity index (χ2n) is 2.66. The topological polar surface area (TPSA) is 24.1 Å². The lowest BCUT2D eigenvalue weighted by Crippen LogP contribution is -2.08. The normalized spacial score (nSPS) is 10.5. The van der Waals surface area contributed by atoms with Crippen molar-refractivity contribution in [3.8, 4) is 0 Å². The van der Waals surface area contributed by atoms with Gasteiger partial charge in [0.2, 0.25) is 0 Å². The van der Waals surface area contributed by atoms with Gasteiger partial charge in [-0.05, 0) is 12.8 Å². The van der Waals surface area contributed by atoms with Crippen LogP contribution in [0.4, 0.5) is 0 Å². The van der Waals surface area contributed by atoms with E-state index in [-0.39, 0.29) is 0 Å². The summed E-state index contributed by atoms with van der Waals surface area (Å²) >= 11 is 0. The van der Waals surface area contributed by atoms with Crippen LogP contribution in [0.3, 0.4) is 0 Å². The molecule has 0 fully saturated rings. The Hall–Kier alpha value is 0.620. The van der Waals surface area contributed by atoms with Crippen LogP contribution in [0.15, 0.2) is 0 Å². The summed E-state index contributed by atoms with van der Waals surface area (Å²) in [7, 11) is 3.40. The van der Waals surface area contributed by atoms with Crippen molar-refractivity contribution in [3.63, 3.8) is 0 Å². The third-order valence-electron chi connectivity index (χ3n) is 1.42. The lowest BCUT2D eigenvalue weighted by atomic mass is 10.3. The molecule has 0 amide bonds. The largest absolute Gasteiger partial charge is 0.254 e. The molecule has 12 heavy (non-hydrogen) atoms. The van der Waals surface area contributed by atoms with Crippen molar-refractivity contribution >= 4 is 22.0 Å². The highest BCUT2D eigenvalue weighted by molar-refractivity contribution is 8.75. The lowest BCUT2D eigenvalue weighted by Gasteiger charge is -2.02. The second kappa shape index (κ2) is 11.6. The molecule has 74 valence electrons. The van der Waals surface area contributed by atoms with E-state index in [1.807, 2.05) is 0 Å². The Labute approximate surface area is 84.3 Å². The van der Waals surface area contributed by atoms with Crippen LogP contribution in [-0.2, 0) is 0 Å². The molecule has 0 heterocycles. The molecule has 0 spiro atoms. The van der Waals surface area contributed by atoms with Gasteiger partial charge in [0, 0.05) is 35.0 Å². The molecule has 2 N–H and O–H groups in total. The van der Waals surface area contributed by atoms with Crippen LogP contribution in [-0.4, -0.2) is 13.1 Å². The fourth-order valence-electron chi connectivity index (χ4n) is 0.640. The van der Waals surface area contributed by atoms with Crippen LogP contribution in [0.25, 0.3) is 0 Å². The Morgan fingerprint density at radius 1 is 0.833 bits per heavy atom. The molecule has 0 unspecified atom stereocenters. The van der Waals surface area contributed by atoms with Gasteiger partial charge in [-0.25, -0.2) is 0 Å². The summed E-state index contributed by atoms with van der Waals surface area (Å²) < 4.78 is 6.56. The Balaban J connectivity index is 2.73. The quantitative estimate of drug-likeness (QED) is 0.345. The molecule has 0 rings (SSSR count). The third kappa shape index (κ3) is 10.6. The standard InChI is InChI=1S/C8H20N2S2/c1-3-5-7-9-11-12-10-8-6-4-2/h9-10H,3-8H2,1-2H3. The minimum absolute atomic E-state index is 1.11. The molecule has 0 saturated heterocycles. The zero-order valence-electron chi connectivity index (χ0n) is 8.06. The summed E-state index contributed by atoms with van der Waals surface area (Å²) in [5.74, 6) is 0. The first kappa shape index (κ1) is 12.6. The SMILES string of the molecule is CCCCNSSNCCCC. The predicted molar refractivity (Wildman–Crippen MR) is 61.0 cm³/mol. The second-order valence-corrected chi connectivity index (χ2v) is 4.57. The highest BCUT2D eigenvalue weighted by atomic mass is 33.1. The molecule has 4 heteroatoms. The molecule has 0 aromatic heterocycles. The molecule has 0 aliphatic carbocycles. The Kier molecular flexibility index (Phi) is 12.2. The minimum atomic E-state index is 1.11. The van der Waals surface area contributed by atoms with Crippen molar-refractivity contribution in [2.45, 2.75) is 39.5 Å². The van der Waals surface area contributed by atoms with E-state index in [2.05, 4.69) is 23.3 Å². The molecule has 0 aliphatic heterocycles. The number of hydrogen-bond acceptors (Lipinski definition) is 4. The molecule has 0 aromatic rings. The number of unbranched alkanes of at least 4 members (excludes halogenated alkanes) is 2. The first-order valence-corrected chi connectivity index (χ1v) is 6.85. The number of hydrogen-bond donors (Lipinski definition) is 2. The number of rotatable bonds is 9. The maximum absolute atomic E-state index is 3.28. The summed E-state index contributed by atoms with van der Waals surface area (Å²) in [6, 6.07) is 0. The van der Waals surface area contributed by atoms with Crippen LogP contribution >= 0.6 is 22.0 Å². The average Bonchev–Trinajstić information content (AvgIpc) is 2.10. The van der Waals surface area contributed by atoms with Gasteiger partial charge in [0.25, 0.3) is 0 Å². The Morgan fingerprint density at radius 3 is 1.58 bits per heavy atom. The van der Waals surface area contributed by atoms with Crippen LogP contribution < -0.4 is 9.44 Å². The van der Waals surface area contributed by atoms with Gasteiger partial charge in [0.15, 0.2) is 0 Å². The zero-order chi connectivity index (χ0) is 9.07. The summed E-state index contributed by atoms with van der Waals surface area (Å²) in [5, 5.41) is 0.